The van der Waals surface area contributed by atoms with E-state index in [4.69, 9.17) is 4.74 Å². The fourth-order valence-corrected chi connectivity index (χ4v) is 3.89. The van der Waals surface area contributed by atoms with E-state index in [2.05, 4.69) is 20.8 Å². The fourth-order valence-electron chi connectivity index (χ4n) is 2.90. The zero-order valence-electron chi connectivity index (χ0n) is 16.2. The molecule has 0 aliphatic heterocycles. The van der Waals surface area contributed by atoms with Crippen molar-refractivity contribution in [2.24, 2.45) is 0 Å². The van der Waals surface area contributed by atoms with E-state index < -0.39 is 5.25 Å². The Hall–Kier alpha value is -3.65. The molecule has 0 saturated heterocycles. The topological polar surface area (TPSA) is 81.9 Å². The second-order valence-corrected chi connectivity index (χ2v) is 7.41. The van der Waals surface area contributed by atoms with Gasteiger partial charge in [-0.05, 0) is 40.3 Å². The Morgan fingerprint density at radius 1 is 1.00 bits per heavy atom. The van der Waals surface area contributed by atoms with Crippen LogP contribution in [0.4, 0.5) is 5.69 Å². The van der Waals surface area contributed by atoms with Crippen LogP contribution in [0.3, 0.4) is 0 Å². The summed E-state index contributed by atoms with van der Waals surface area (Å²) < 4.78 is 6.87. The highest BCUT2D eigenvalue weighted by Gasteiger charge is 2.25. The summed E-state index contributed by atoms with van der Waals surface area (Å²) >= 11 is 1.29. The van der Waals surface area contributed by atoms with Crippen molar-refractivity contribution >= 4 is 23.4 Å². The van der Waals surface area contributed by atoms with Gasteiger partial charge in [0.05, 0.1) is 12.8 Å². The molecule has 7 nitrogen and oxygen atoms in total. The lowest BCUT2D eigenvalue weighted by Crippen LogP contribution is -2.19. The predicted molar refractivity (Wildman–Crippen MR) is 116 cm³/mol. The molecule has 1 heterocycles. The van der Waals surface area contributed by atoms with Crippen molar-refractivity contribution in [3.05, 3.63) is 90.5 Å². The Morgan fingerprint density at radius 3 is 2.47 bits per heavy atom. The lowest BCUT2D eigenvalue weighted by molar-refractivity contribution is -0.115. The zero-order chi connectivity index (χ0) is 20.8. The molecular formula is C22H19N5O2S. The first-order chi connectivity index (χ1) is 14.7. The van der Waals surface area contributed by atoms with Crippen molar-refractivity contribution in [1.29, 1.82) is 0 Å². The third-order valence-corrected chi connectivity index (χ3v) is 5.53. The van der Waals surface area contributed by atoms with Crippen LogP contribution in [-0.4, -0.2) is 33.2 Å². The number of carbonyl (C=O) groups excluding carboxylic acids is 1. The van der Waals surface area contributed by atoms with Crippen LogP contribution >= 0.6 is 11.8 Å². The summed E-state index contributed by atoms with van der Waals surface area (Å²) in [6.07, 6.45) is 0. The maximum absolute atomic E-state index is 13.2. The number of methoxy groups -OCH3 is 1. The summed E-state index contributed by atoms with van der Waals surface area (Å²) in [5.74, 6) is 0.492. The minimum atomic E-state index is -0.550. The standard InChI is InChI=1S/C22H19N5O2S/c1-29-19-14-8-11-17(15-19)23-21(28)20(16-9-4-2-5-10-16)30-22-24-25-26-27(22)18-12-6-3-7-13-18/h2-15,20H,1H3,(H,23,28)/t20-/m0/s1. The summed E-state index contributed by atoms with van der Waals surface area (Å²) in [7, 11) is 1.59. The quantitative estimate of drug-likeness (QED) is 0.455. The number of tetrazole rings is 1. The van der Waals surface area contributed by atoms with E-state index in [0.29, 0.717) is 16.6 Å². The maximum Gasteiger partial charge on any atom is 0.242 e. The Labute approximate surface area is 178 Å². The molecule has 0 unspecified atom stereocenters. The van der Waals surface area contributed by atoms with Gasteiger partial charge in [-0.15, -0.1) is 5.10 Å². The number of nitrogens with zero attached hydrogens (tertiary/aromatic N) is 4. The lowest BCUT2D eigenvalue weighted by atomic mass is 10.1. The van der Waals surface area contributed by atoms with Crippen molar-refractivity contribution < 1.29 is 9.53 Å². The van der Waals surface area contributed by atoms with Crippen molar-refractivity contribution in [1.82, 2.24) is 20.2 Å². The normalized spacial score (nSPS) is 11.6. The van der Waals surface area contributed by atoms with Crippen molar-refractivity contribution in [2.45, 2.75) is 10.4 Å². The molecule has 8 heteroatoms. The van der Waals surface area contributed by atoms with Crippen LogP contribution in [0, 0.1) is 0 Å². The molecule has 0 spiro atoms. The number of para-hydroxylation sites is 1. The van der Waals surface area contributed by atoms with Gasteiger partial charge in [-0.3, -0.25) is 4.79 Å². The van der Waals surface area contributed by atoms with Crippen molar-refractivity contribution in [3.8, 4) is 11.4 Å². The molecule has 4 rings (SSSR count). The Balaban J connectivity index is 1.63. The van der Waals surface area contributed by atoms with Gasteiger partial charge in [0.2, 0.25) is 11.1 Å². The molecule has 0 radical (unpaired) electrons. The monoisotopic (exact) mass is 417 g/mol. The number of anilines is 1. The predicted octanol–water partition coefficient (Wildman–Crippen LogP) is 4.14. The maximum atomic E-state index is 13.2. The number of nitrogens with one attached hydrogen (secondary N) is 1. The Kier molecular flexibility index (Phi) is 6.05. The Morgan fingerprint density at radius 2 is 1.73 bits per heavy atom. The Bertz CT molecular complexity index is 1120. The average Bonchev–Trinajstić information content (AvgIpc) is 3.27. The molecule has 0 aliphatic carbocycles. The van der Waals surface area contributed by atoms with Crippen molar-refractivity contribution in [2.75, 3.05) is 12.4 Å². The van der Waals surface area contributed by atoms with Gasteiger partial charge in [0.15, 0.2) is 0 Å². The van der Waals surface area contributed by atoms with Gasteiger partial charge in [0, 0.05) is 11.8 Å². The molecule has 0 aliphatic rings. The van der Waals surface area contributed by atoms with E-state index in [9.17, 15) is 4.79 Å². The molecule has 0 saturated carbocycles. The van der Waals surface area contributed by atoms with Crippen LogP contribution in [0.1, 0.15) is 10.8 Å². The van der Waals surface area contributed by atoms with E-state index in [1.54, 1.807) is 17.9 Å². The second kappa shape index (κ2) is 9.23. The van der Waals surface area contributed by atoms with Crippen LogP contribution in [0.2, 0.25) is 0 Å². The minimum absolute atomic E-state index is 0.179. The van der Waals surface area contributed by atoms with Crippen LogP contribution in [0.25, 0.3) is 5.69 Å². The number of aromatic nitrogens is 4. The molecule has 3 aromatic carbocycles. The van der Waals surface area contributed by atoms with Crippen LogP contribution in [-0.2, 0) is 4.79 Å². The lowest BCUT2D eigenvalue weighted by Gasteiger charge is -2.17. The van der Waals surface area contributed by atoms with Crippen LogP contribution in [0.5, 0.6) is 5.75 Å². The first-order valence-corrected chi connectivity index (χ1v) is 10.1. The molecule has 0 fully saturated rings. The van der Waals surface area contributed by atoms with Gasteiger partial charge in [0.1, 0.15) is 11.0 Å². The van der Waals surface area contributed by atoms with Gasteiger partial charge < -0.3 is 10.1 Å². The SMILES string of the molecule is COc1cccc(NC(=O)[C@@H](Sc2nnnn2-c2ccccc2)c2ccccc2)c1. The first-order valence-electron chi connectivity index (χ1n) is 9.25. The molecule has 1 aromatic heterocycles. The molecular weight excluding hydrogens is 398 g/mol. The molecule has 1 atom stereocenters. The summed E-state index contributed by atoms with van der Waals surface area (Å²) in [5, 5.41) is 15.0. The first kappa shape index (κ1) is 19.7. The average molecular weight is 417 g/mol. The number of amides is 1. The number of hydrogen-bond acceptors (Lipinski definition) is 6. The molecule has 0 bridgehead atoms. The van der Waals surface area contributed by atoms with Gasteiger partial charge in [-0.1, -0.05) is 66.4 Å². The molecule has 1 amide bonds. The third kappa shape index (κ3) is 4.49. The van der Waals surface area contributed by atoms with E-state index in [0.717, 1.165) is 11.3 Å². The number of thioether (sulfide) groups is 1. The van der Waals surface area contributed by atoms with Crippen molar-refractivity contribution in [3.63, 3.8) is 0 Å². The highest BCUT2D eigenvalue weighted by atomic mass is 32.2. The van der Waals surface area contributed by atoms with E-state index in [-0.39, 0.29) is 5.91 Å². The summed E-state index contributed by atoms with van der Waals surface area (Å²) in [6.45, 7) is 0. The largest absolute Gasteiger partial charge is 0.497 e. The van der Waals surface area contributed by atoms with Gasteiger partial charge in [-0.2, -0.15) is 4.68 Å². The van der Waals surface area contributed by atoms with E-state index in [1.165, 1.54) is 11.8 Å². The highest BCUT2D eigenvalue weighted by molar-refractivity contribution is 8.00. The number of rotatable bonds is 7. The number of hydrogen-bond donors (Lipinski definition) is 1. The second-order valence-electron chi connectivity index (χ2n) is 6.34. The van der Waals surface area contributed by atoms with Gasteiger partial charge in [0.25, 0.3) is 0 Å². The zero-order valence-corrected chi connectivity index (χ0v) is 17.0. The molecule has 1 N–H and O–H groups in total. The van der Waals surface area contributed by atoms with Crippen LogP contribution < -0.4 is 10.1 Å². The van der Waals surface area contributed by atoms with E-state index >= 15 is 0 Å². The minimum Gasteiger partial charge on any atom is -0.497 e. The van der Waals surface area contributed by atoms with E-state index in [1.807, 2.05) is 78.9 Å². The van der Waals surface area contributed by atoms with Crippen LogP contribution in [0.15, 0.2) is 90.1 Å². The third-order valence-electron chi connectivity index (χ3n) is 4.34. The highest BCUT2D eigenvalue weighted by Crippen LogP contribution is 2.35. The number of carbonyl (C=O) groups is 1. The smallest absolute Gasteiger partial charge is 0.242 e. The number of benzene rings is 3. The summed E-state index contributed by atoms with van der Waals surface area (Å²) in [5.41, 5.74) is 2.33. The van der Waals surface area contributed by atoms with Gasteiger partial charge >= 0.3 is 0 Å². The fraction of sp³-hybridized carbons (Fsp3) is 0.0909. The summed E-state index contributed by atoms with van der Waals surface area (Å²) in [4.78, 5) is 13.2. The molecule has 4 aromatic rings. The molecule has 30 heavy (non-hydrogen) atoms. The molecule has 150 valence electrons. The van der Waals surface area contributed by atoms with Gasteiger partial charge in [-0.25, -0.2) is 0 Å². The summed E-state index contributed by atoms with van der Waals surface area (Å²) in [6, 6.07) is 26.4. The number of ether oxygens (including phenoxy) is 1.